The van der Waals surface area contributed by atoms with Crippen LogP contribution in [0.1, 0.15) is 33.7 Å². The Balaban J connectivity index is 2.96. The van der Waals surface area contributed by atoms with Crippen LogP contribution < -0.4 is 0 Å². The molecule has 1 aromatic heterocycles. The number of nitrogens with zero attached hydrogens (tertiary/aromatic N) is 1. The van der Waals surface area contributed by atoms with Gasteiger partial charge < -0.3 is 0 Å². The Morgan fingerprint density at radius 3 is 2.54 bits per heavy atom. The quantitative estimate of drug-likeness (QED) is 0.608. The molecule has 2 unspecified atom stereocenters. The standard InChI is InChI=1S/C8H11FINS2/c1-4(10)8-11-6(5(2)12-3)7(9)13-8/h4-5H,1-3H3. The summed E-state index contributed by atoms with van der Waals surface area (Å²) in [5.41, 5.74) is 0.607. The number of rotatable bonds is 3. The van der Waals surface area contributed by atoms with Crippen LogP contribution in [0.25, 0.3) is 0 Å². The van der Waals surface area contributed by atoms with Crippen molar-refractivity contribution in [3.8, 4) is 0 Å². The second-order valence-corrected chi connectivity index (χ2v) is 6.73. The first-order chi connectivity index (χ1) is 6.06. The van der Waals surface area contributed by atoms with E-state index in [-0.39, 0.29) is 10.4 Å². The average Bonchev–Trinajstić information content (AvgIpc) is 2.46. The molecule has 0 aliphatic heterocycles. The summed E-state index contributed by atoms with van der Waals surface area (Å²) >= 11 is 5.03. The van der Waals surface area contributed by atoms with Crippen LogP contribution in [-0.2, 0) is 0 Å². The van der Waals surface area contributed by atoms with E-state index < -0.39 is 0 Å². The first-order valence-corrected chi connectivity index (χ1v) is 7.24. The molecule has 0 amide bonds. The van der Waals surface area contributed by atoms with Crippen LogP contribution in [0.15, 0.2) is 0 Å². The maximum atomic E-state index is 13.3. The predicted molar refractivity (Wildman–Crippen MR) is 66.4 cm³/mol. The lowest BCUT2D eigenvalue weighted by molar-refractivity contribution is 0.633. The minimum Gasteiger partial charge on any atom is -0.241 e. The molecule has 0 saturated heterocycles. The summed E-state index contributed by atoms with van der Waals surface area (Å²) < 4.78 is 13.6. The van der Waals surface area contributed by atoms with Gasteiger partial charge in [0, 0.05) is 5.25 Å². The molecule has 0 spiro atoms. The zero-order valence-electron chi connectivity index (χ0n) is 7.67. The number of hydrogen-bond acceptors (Lipinski definition) is 3. The molecule has 1 rings (SSSR count). The second-order valence-electron chi connectivity index (χ2n) is 2.70. The van der Waals surface area contributed by atoms with Gasteiger partial charge in [0.1, 0.15) is 10.7 Å². The van der Waals surface area contributed by atoms with E-state index in [1.54, 1.807) is 11.8 Å². The molecule has 0 aliphatic carbocycles. The number of alkyl halides is 1. The molecule has 1 nitrogen and oxygen atoms in total. The summed E-state index contributed by atoms with van der Waals surface area (Å²) in [6.45, 7) is 4.00. The van der Waals surface area contributed by atoms with Crippen molar-refractivity contribution in [3.63, 3.8) is 0 Å². The van der Waals surface area contributed by atoms with Crippen molar-refractivity contribution in [1.29, 1.82) is 0 Å². The summed E-state index contributed by atoms with van der Waals surface area (Å²) in [7, 11) is 0. The number of hydrogen-bond donors (Lipinski definition) is 0. The minimum atomic E-state index is -0.125. The maximum Gasteiger partial charge on any atom is 0.200 e. The molecule has 0 N–H and O–H groups in total. The number of thiazole rings is 1. The molecule has 5 heteroatoms. The monoisotopic (exact) mass is 331 g/mol. The highest BCUT2D eigenvalue weighted by molar-refractivity contribution is 14.1. The number of thioether (sulfide) groups is 1. The van der Waals surface area contributed by atoms with Gasteiger partial charge in [-0.3, -0.25) is 0 Å². The van der Waals surface area contributed by atoms with Crippen LogP contribution in [0, 0.1) is 5.13 Å². The highest BCUT2D eigenvalue weighted by atomic mass is 127. The molecule has 0 saturated carbocycles. The van der Waals surface area contributed by atoms with E-state index in [4.69, 9.17) is 0 Å². The minimum absolute atomic E-state index is 0.125. The van der Waals surface area contributed by atoms with Crippen molar-refractivity contribution < 1.29 is 4.39 Å². The normalized spacial score (nSPS) is 15.8. The van der Waals surface area contributed by atoms with E-state index in [0.717, 1.165) is 5.01 Å². The van der Waals surface area contributed by atoms with Gasteiger partial charge in [-0.25, -0.2) is 4.98 Å². The van der Waals surface area contributed by atoms with E-state index >= 15 is 0 Å². The lowest BCUT2D eigenvalue weighted by Gasteiger charge is -2.03. The molecule has 2 atom stereocenters. The first-order valence-electron chi connectivity index (χ1n) is 3.89. The summed E-state index contributed by atoms with van der Waals surface area (Å²) in [5, 5.41) is 0.912. The second kappa shape index (κ2) is 4.93. The Bertz CT molecular complexity index is 288. The Morgan fingerprint density at radius 1 is 1.54 bits per heavy atom. The van der Waals surface area contributed by atoms with Gasteiger partial charge in [-0.05, 0) is 20.1 Å². The molecule has 0 fully saturated rings. The fraction of sp³-hybridized carbons (Fsp3) is 0.625. The van der Waals surface area contributed by atoms with Crippen molar-refractivity contribution >= 4 is 45.7 Å². The smallest absolute Gasteiger partial charge is 0.200 e. The molecular formula is C8H11FINS2. The van der Waals surface area contributed by atoms with Crippen LogP contribution in [0.3, 0.4) is 0 Å². The van der Waals surface area contributed by atoms with Crippen molar-refractivity contribution in [1.82, 2.24) is 4.98 Å². The molecule has 1 aromatic rings. The van der Waals surface area contributed by atoms with E-state index in [1.165, 1.54) is 11.3 Å². The predicted octanol–water partition coefficient (Wildman–Crippen LogP) is 4.20. The Labute approximate surface area is 99.7 Å². The van der Waals surface area contributed by atoms with Crippen LogP contribution >= 0.6 is 45.7 Å². The van der Waals surface area contributed by atoms with Gasteiger partial charge in [-0.2, -0.15) is 16.2 Å². The van der Waals surface area contributed by atoms with Gasteiger partial charge in [-0.1, -0.05) is 33.9 Å². The topological polar surface area (TPSA) is 12.9 Å². The van der Waals surface area contributed by atoms with Crippen LogP contribution in [0.4, 0.5) is 4.39 Å². The molecular weight excluding hydrogens is 320 g/mol. The van der Waals surface area contributed by atoms with Gasteiger partial charge in [0.25, 0.3) is 0 Å². The van der Waals surface area contributed by atoms with Crippen LogP contribution in [0.2, 0.25) is 0 Å². The van der Waals surface area contributed by atoms with E-state index in [9.17, 15) is 4.39 Å². The van der Waals surface area contributed by atoms with E-state index in [1.807, 2.05) is 20.1 Å². The molecule has 0 aliphatic rings. The summed E-state index contributed by atoms with van der Waals surface area (Å²) in [4.78, 5) is 4.30. The molecule has 0 aromatic carbocycles. The summed E-state index contributed by atoms with van der Waals surface area (Å²) in [6, 6.07) is 0. The van der Waals surface area contributed by atoms with Gasteiger partial charge >= 0.3 is 0 Å². The number of halogens is 2. The van der Waals surface area contributed by atoms with Crippen LogP contribution in [-0.4, -0.2) is 11.2 Å². The van der Waals surface area contributed by atoms with E-state index in [0.29, 0.717) is 9.62 Å². The highest BCUT2D eigenvalue weighted by Crippen LogP contribution is 2.34. The summed E-state index contributed by atoms with van der Waals surface area (Å²) in [6.07, 6.45) is 1.97. The van der Waals surface area contributed by atoms with Crippen molar-refractivity contribution in [2.45, 2.75) is 23.0 Å². The Morgan fingerprint density at radius 2 is 2.15 bits per heavy atom. The Kier molecular flexibility index (Phi) is 4.44. The fourth-order valence-electron chi connectivity index (χ4n) is 0.862. The molecule has 1 heterocycles. The fourth-order valence-corrected chi connectivity index (χ4v) is 2.65. The zero-order chi connectivity index (χ0) is 10.0. The zero-order valence-corrected chi connectivity index (χ0v) is 11.5. The van der Waals surface area contributed by atoms with Crippen molar-refractivity contribution in [2.75, 3.05) is 6.26 Å². The molecule has 74 valence electrons. The van der Waals surface area contributed by atoms with Gasteiger partial charge in [0.15, 0.2) is 0 Å². The average molecular weight is 331 g/mol. The third-order valence-corrected chi connectivity index (χ3v) is 4.69. The van der Waals surface area contributed by atoms with Crippen molar-refractivity contribution in [2.24, 2.45) is 0 Å². The third-order valence-electron chi connectivity index (χ3n) is 1.71. The largest absolute Gasteiger partial charge is 0.241 e. The van der Waals surface area contributed by atoms with Gasteiger partial charge in [-0.15, -0.1) is 0 Å². The van der Waals surface area contributed by atoms with Gasteiger partial charge in [0.05, 0.1) is 3.92 Å². The lowest BCUT2D eigenvalue weighted by atomic mass is 10.3. The van der Waals surface area contributed by atoms with E-state index in [2.05, 4.69) is 27.6 Å². The summed E-state index contributed by atoms with van der Waals surface area (Å²) in [5.74, 6) is 0. The third kappa shape index (κ3) is 2.79. The van der Waals surface area contributed by atoms with Gasteiger partial charge in [0.2, 0.25) is 5.13 Å². The maximum absolute atomic E-state index is 13.3. The number of aromatic nitrogens is 1. The molecule has 13 heavy (non-hydrogen) atoms. The Hall–Kier alpha value is 0.640. The highest BCUT2D eigenvalue weighted by Gasteiger charge is 2.18. The van der Waals surface area contributed by atoms with Crippen LogP contribution in [0.5, 0.6) is 0 Å². The first kappa shape index (κ1) is 11.7. The van der Waals surface area contributed by atoms with Crippen molar-refractivity contribution in [3.05, 3.63) is 15.8 Å². The lowest BCUT2D eigenvalue weighted by Crippen LogP contribution is -1.91. The SMILES string of the molecule is CSC(C)c1nc(C(C)I)sc1F. The molecule has 0 radical (unpaired) electrons. The molecule has 0 bridgehead atoms.